The molecule has 1 aliphatic heterocycles. The van der Waals surface area contributed by atoms with Gasteiger partial charge < -0.3 is 9.84 Å². The Morgan fingerprint density at radius 3 is 2.70 bits per heavy atom. The van der Waals surface area contributed by atoms with Gasteiger partial charge in [0.05, 0.1) is 12.7 Å². The molecule has 2 unspecified atom stereocenters. The summed E-state index contributed by atoms with van der Waals surface area (Å²) in [6, 6.07) is 0. The first kappa shape index (κ1) is 7.76. The largest absolute Gasteiger partial charge is 0.394 e. The van der Waals surface area contributed by atoms with Gasteiger partial charge in [0.1, 0.15) is 6.10 Å². The molecule has 2 atom stereocenters. The van der Waals surface area contributed by atoms with Crippen LogP contribution in [-0.4, -0.2) is 23.9 Å². The van der Waals surface area contributed by atoms with E-state index in [2.05, 4.69) is 6.58 Å². The van der Waals surface area contributed by atoms with Crippen molar-refractivity contribution in [3.8, 4) is 0 Å². The Morgan fingerprint density at radius 2 is 2.30 bits per heavy atom. The molecule has 1 N–H and O–H groups in total. The molecule has 0 spiro atoms. The minimum absolute atomic E-state index is 0.124. The van der Waals surface area contributed by atoms with Crippen LogP contribution < -0.4 is 0 Å². The highest BCUT2D eigenvalue weighted by Gasteiger charge is 2.36. The smallest absolute Gasteiger partial charge is 0.107 e. The minimum atomic E-state index is 0.124. The molecule has 0 bridgehead atoms. The number of allylic oxidation sites excluding steroid dienone is 1. The van der Waals surface area contributed by atoms with Gasteiger partial charge in [0.25, 0.3) is 0 Å². The molecule has 0 aliphatic carbocycles. The van der Waals surface area contributed by atoms with Crippen LogP contribution in [0.25, 0.3) is 0 Å². The first-order valence-electron chi connectivity index (χ1n) is 3.64. The van der Waals surface area contributed by atoms with Crippen molar-refractivity contribution in [1.82, 2.24) is 0 Å². The second kappa shape index (κ2) is 3.17. The summed E-state index contributed by atoms with van der Waals surface area (Å²) in [4.78, 5) is 0. The Balaban J connectivity index is 2.01. The Morgan fingerprint density at radius 1 is 1.60 bits per heavy atom. The van der Waals surface area contributed by atoms with E-state index >= 15 is 0 Å². The fraction of sp³-hybridized carbons (Fsp3) is 0.750. The van der Waals surface area contributed by atoms with E-state index in [9.17, 15) is 0 Å². The molecule has 0 radical (unpaired) electrons. The molecule has 0 aromatic heterocycles. The number of rotatable bonds is 4. The highest BCUT2D eigenvalue weighted by Crippen LogP contribution is 2.26. The van der Waals surface area contributed by atoms with E-state index in [-0.39, 0.29) is 12.7 Å². The molecule has 10 heavy (non-hydrogen) atoms. The summed E-state index contributed by atoms with van der Waals surface area (Å²) in [6.45, 7) is 5.97. The predicted molar refractivity (Wildman–Crippen MR) is 39.8 cm³/mol. The van der Waals surface area contributed by atoms with Gasteiger partial charge in [-0.3, -0.25) is 0 Å². The fourth-order valence-corrected chi connectivity index (χ4v) is 0.982. The van der Waals surface area contributed by atoms with Crippen molar-refractivity contribution in [2.75, 3.05) is 6.61 Å². The molecule has 0 amide bonds. The van der Waals surface area contributed by atoms with E-state index in [1.54, 1.807) is 0 Å². The van der Waals surface area contributed by atoms with E-state index in [0.29, 0.717) is 6.10 Å². The van der Waals surface area contributed by atoms with Gasteiger partial charge in [0, 0.05) is 0 Å². The first-order valence-corrected chi connectivity index (χ1v) is 3.64. The van der Waals surface area contributed by atoms with Crippen LogP contribution in [0.4, 0.5) is 0 Å². The van der Waals surface area contributed by atoms with Gasteiger partial charge in [-0.2, -0.15) is 0 Å². The maximum absolute atomic E-state index is 8.59. The lowest BCUT2D eigenvalue weighted by Crippen LogP contribution is -1.98. The lowest BCUT2D eigenvalue weighted by molar-refractivity contribution is 0.241. The van der Waals surface area contributed by atoms with Crippen molar-refractivity contribution >= 4 is 0 Å². The summed E-state index contributed by atoms with van der Waals surface area (Å²) in [7, 11) is 0. The molecule has 1 aliphatic rings. The Kier molecular flexibility index (Phi) is 2.46. The molecule has 0 saturated carbocycles. The van der Waals surface area contributed by atoms with Crippen LogP contribution >= 0.6 is 0 Å². The van der Waals surface area contributed by atoms with Gasteiger partial charge in [-0.15, -0.1) is 6.58 Å². The third-order valence-corrected chi connectivity index (χ3v) is 1.72. The zero-order valence-corrected chi connectivity index (χ0v) is 6.34. The Bertz CT molecular complexity index is 131. The van der Waals surface area contributed by atoms with Gasteiger partial charge >= 0.3 is 0 Å². The molecule has 58 valence electrons. The monoisotopic (exact) mass is 142 g/mol. The standard InChI is InChI=1S/C8H14O2/c1-6(2)3-4-7-8(5-9)10-7/h7-9H,1,3-5H2,2H3. The van der Waals surface area contributed by atoms with Crippen molar-refractivity contribution in [3.05, 3.63) is 12.2 Å². The number of aliphatic hydroxyl groups is 1. The first-order chi connectivity index (χ1) is 4.74. The third-order valence-electron chi connectivity index (χ3n) is 1.72. The molecule has 1 heterocycles. The highest BCUT2D eigenvalue weighted by atomic mass is 16.6. The van der Waals surface area contributed by atoms with Crippen LogP contribution in [0.2, 0.25) is 0 Å². The van der Waals surface area contributed by atoms with E-state index in [1.165, 1.54) is 5.57 Å². The second-order valence-electron chi connectivity index (χ2n) is 2.89. The molecule has 0 aromatic carbocycles. The van der Waals surface area contributed by atoms with Crippen LogP contribution in [-0.2, 0) is 4.74 Å². The van der Waals surface area contributed by atoms with Gasteiger partial charge in [-0.1, -0.05) is 5.57 Å². The summed E-state index contributed by atoms with van der Waals surface area (Å²) in [5.74, 6) is 0. The van der Waals surface area contributed by atoms with Gasteiger partial charge in [-0.25, -0.2) is 0 Å². The summed E-state index contributed by atoms with van der Waals surface area (Å²) >= 11 is 0. The highest BCUT2D eigenvalue weighted by molar-refractivity contribution is 4.93. The topological polar surface area (TPSA) is 32.8 Å². The quantitative estimate of drug-likeness (QED) is 0.471. The number of hydrogen-bond donors (Lipinski definition) is 1. The summed E-state index contributed by atoms with van der Waals surface area (Å²) in [5, 5.41) is 8.59. The Hall–Kier alpha value is -0.340. The SMILES string of the molecule is C=C(C)CCC1OC1CO. The number of epoxide rings is 1. The van der Waals surface area contributed by atoms with Crippen molar-refractivity contribution in [3.63, 3.8) is 0 Å². The van der Waals surface area contributed by atoms with E-state index in [1.807, 2.05) is 6.92 Å². The van der Waals surface area contributed by atoms with Crippen molar-refractivity contribution < 1.29 is 9.84 Å². The average molecular weight is 142 g/mol. The van der Waals surface area contributed by atoms with Crippen LogP contribution in [0.3, 0.4) is 0 Å². The average Bonchev–Trinajstić information content (AvgIpc) is 2.61. The molecular formula is C8H14O2. The van der Waals surface area contributed by atoms with Gasteiger partial charge in [0.2, 0.25) is 0 Å². The lowest BCUT2D eigenvalue weighted by atomic mass is 10.1. The van der Waals surface area contributed by atoms with E-state index < -0.39 is 0 Å². The van der Waals surface area contributed by atoms with Gasteiger partial charge in [-0.05, 0) is 19.8 Å². The third kappa shape index (κ3) is 2.12. The summed E-state index contributed by atoms with van der Waals surface area (Å²) < 4.78 is 5.13. The van der Waals surface area contributed by atoms with Crippen LogP contribution in [0, 0.1) is 0 Å². The van der Waals surface area contributed by atoms with Crippen LogP contribution in [0.5, 0.6) is 0 Å². The molecule has 2 heteroatoms. The molecular weight excluding hydrogens is 128 g/mol. The molecule has 1 rings (SSSR count). The maximum atomic E-state index is 8.59. The lowest BCUT2D eigenvalue weighted by Gasteiger charge is -1.93. The summed E-state index contributed by atoms with van der Waals surface area (Å²) in [5.41, 5.74) is 1.19. The normalized spacial score (nSPS) is 30.2. The number of ether oxygens (including phenoxy) is 1. The molecule has 0 aromatic rings. The predicted octanol–water partition coefficient (Wildman–Crippen LogP) is 1.10. The van der Waals surface area contributed by atoms with Crippen molar-refractivity contribution in [1.29, 1.82) is 0 Å². The van der Waals surface area contributed by atoms with E-state index in [4.69, 9.17) is 9.84 Å². The zero-order valence-electron chi connectivity index (χ0n) is 6.34. The fourth-order valence-electron chi connectivity index (χ4n) is 0.982. The summed E-state index contributed by atoms with van der Waals surface area (Å²) in [6.07, 6.45) is 2.46. The van der Waals surface area contributed by atoms with E-state index in [0.717, 1.165) is 12.8 Å². The van der Waals surface area contributed by atoms with Crippen molar-refractivity contribution in [2.45, 2.75) is 32.0 Å². The zero-order chi connectivity index (χ0) is 7.56. The molecule has 2 nitrogen and oxygen atoms in total. The number of aliphatic hydroxyl groups excluding tert-OH is 1. The minimum Gasteiger partial charge on any atom is -0.394 e. The second-order valence-corrected chi connectivity index (χ2v) is 2.89. The van der Waals surface area contributed by atoms with Gasteiger partial charge in [0.15, 0.2) is 0 Å². The van der Waals surface area contributed by atoms with Crippen LogP contribution in [0.15, 0.2) is 12.2 Å². The molecule has 1 fully saturated rings. The number of hydrogen-bond acceptors (Lipinski definition) is 2. The maximum Gasteiger partial charge on any atom is 0.107 e. The van der Waals surface area contributed by atoms with Crippen LogP contribution in [0.1, 0.15) is 19.8 Å². The van der Waals surface area contributed by atoms with Crippen molar-refractivity contribution in [2.24, 2.45) is 0 Å². The Labute approximate surface area is 61.5 Å². The molecule has 1 saturated heterocycles.